The molecule has 0 amide bonds. The van der Waals surface area contributed by atoms with Crippen LogP contribution in [0.15, 0.2) is 4.52 Å². The molecule has 0 bridgehead atoms. The fraction of sp³-hybridized carbons (Fsp3) is 0.889. The summed E-state index contributed by atoms with van der Waals surface area (Å²) in [6.07, 6.45) is 14.6. The highest BCUT2D eigenvalue weighted by Gasteiger charge is 2.30. The first-order valence-electron chi connectivity index (χ1n) is 9.45. The standard InChI is InChI=1S/C18H29N3O/c1-2-6-16(5-1)21-12-10-14(11-13-21)4-3-7-17-19-18(22-20-17)15-8-9-15/h14-16H,1-13H2. The normalized spacial score (nSPS) is 25.1. The van der Waals surface area contributed by atoms with Gasteiger partial charge in [0, 0.05) is 18.4 Å². The van der Waals surface area contributed by atoms with E-state index >= 15 is 0 Å². The lowest BCUT2D eigenvalue weighted by atomic mass is 9.90. The van der Waals surface area contributed by atoms with Crippen molar-refractivity contribution in [3.05, 3.63) is 11.7 Å². The minimum atomic E-state index is 0.584. The van der Waals surface area contributed by atoms with E-state index in [1.165, 1.54) is 77.3 Å². The van der Waals surface area contributed by atoms with Gasteiger partial charge in [-0.25, -0.2) is 0 Å². The van der Waals surface area contributed by atoms with Crippen LogP contribution < -0.4 is 0 Å². The minimum absolute atomic E-state index is 0.584. The fourth-order valence-corrected chi connectivity index (χ4v) is 4.29. The average Bonchev–Trinajstić information content (AvgIpc) is 3.06. The molecule has 1 saturated heterocycles. The summed E-state index contributed by atoms with van der Waals surface area (Å²) < 4.78 is 5.33. The second-order valence-electron chi connectivity index (χ2n) is 7.63. The van der Waals surface area contributed by atoms with Crippen molar-refractivity contribution in [2.24, 2.45) is 5.92 Å². The number of rotatable bonds is 6. The number of piperidine rings is 1. The molecular formula is C18H29N3O. The highest BCUT2D eigenvalue weighted by molar-refractivity contribution is 5.01. The maximum absolute atomic E-state index is 5.33. The van der Waals surface area contributed by atoms with Gasteiger partial charge in [0.15, 0.2) is 5.82 Å². The summed E-state index contributed by atoms with van der Waals surface area (Å²) in [5.41, 5.74) is 0. The second kappa shape index (κ2) is 6.69. The van der Waals surface area contributed by atoms with Crippen LogP contribution in [0.4, 0.5) is 0 Å². The Hall–Kier alpha value is -0.900. The molecule has 0 N–H and O–H groups in total. The quantitative estimate of drug-likeness (QED) is 0.798. The smallest absolute Gasteiger partial charge is 0.229 e. The van der Waals surface area contributed by atoms with Gasteiger partial charge in [-0.15, -0.1) is 0 Å². The summed E-state index contributed by atoms with van der Waals surface area (Å²) in [4.78, 5) is 7.30. The van der Waals surface area contributed by atoms with E-state index in [2.05, 4.69) is 15.0 Å². The molecular weight excluding hydrogens is 274 g/mol. The van der Waals surface area contributed by atoms with Gasteiger partial charge in [-0.05, 0) is 70.4 Å². The second-order valence-corrected chi connectivity index (χ2v) is 7.63. The summed E-state index contributed by atoms with van der Waals surface area (Å²) in [6.45, 7) is 2.67. The van der Waals surface area contributed by atoms with Crippen molar-refractivity contribution < 1.29 is 4.52 Å². The molecule has 0 atom stereocenters. The first-order valence-corrected chi connectivity index (χ1v) is 9.45. The third kappa shape index (κ3) is 3.53. The van der Waals surface area contributed by atoms with Crippen LogP contribution in [0.3, 0.4) is 0 Å². The van der Waals surface area contributed by atoms with Gasteiger partial charge in [0.25, 0.3) is 0 Å². The molecule has 3 aliphatic rings. The summed E-state index contributed by atoms with van der Waals surface area (Å²) in [5.74, 6) is 3.33. The van der Waals surface area contributed by atoms with Gasteiger partial charge in [-0.1, -0.05) is 18.0 Å². The predicted octanol–water partition coefficient (Wildman–Crippen LogP) is 3.92. The van der Waals surface area contributed by atoms with Crippen molar-refractivity contribution in [3.63, 3.8) is 0 Å². The number of likely N-dealkylation sites (tertiary alicyclic amines) is 1. The molecule has 1 aromatic rings. The first kappa shape index (κ1) is 14.7. The summed E-state index contributed by atoms with van der Waals surface area (Å²) in [6, 6.07) is 0.918. The Bertz CT molecular complexity index is 468. The Kier molecular flexibility index (Phi) is 4.47. The van der Waals surface area contributed by atoms with Crippen LogP contribution in [0.5, 0.6) is 0 Å². The zero-order valence-corrected chi connectivity index (χ0v) is 13.7. The van der Waals surface area contributed by atoms with Crippen LogP contribution in [0.1, 0.15) is 81.8 Å². The van der Waals surface area contributed by atoms with Gasteiger partial charge in [0.2, 0.25) is 5.89 Å². The van der Waals surface area contributed by atoms with E-state index in [1.54, 1.807) is 0 Å². The third-order valence-corrected chi connectivity index (χ3v) is 5.91. The molecule has 2 saturated carbocycles. The van der Waals surface area contributed by atoms with Gasteiger partial charge >= 0.3 is 0 Å². The molecule has 3 fully saturated rings. The van der Waals surface area contributed by atoms with Crippen LogP contribution >= 0.6 is 0 Å². The van der Waals surface area contributed by atoms with Gasteiger partial charge in [-0.2, -0.15) is 4.98 Å². The van der Waals surface area contributed by atoms with E-state index in [-0.39, 0.29) is 0 Å². The zero-order chi connectivity index (χ0) is 14.8. The van der Waals surface area contributed by atoms with E-state index < -0.39 is 0 Å². The number of aryl methyl sites for hydroxylation is 1. The highest BCUT2D eigenvalue weighted by Crippen LogP contribution is 2.39. The summed E-state index contributed by atoms with van der Waals surface area (Å²) in [5, 5.41) is 4.13. The molecule has 122 valence electrons. The monoisotopic (exact) mass is 303 g/mol. The van der Waals surface area contributed by atoms with E-state index in [4.69, 9.17) is 4.52 Å². The Labute approximate surface area is 133 Å². The zero-order valence-electron chi connectivity index (χ0n) is 13.7. The summed E-state index contributed by atoms with van der Waals surface area (Å²) in [7, 11) is 0. The summed E-state index contributed by atoms with van der Waals surface area (Å²) >= 11 is 0. The highest BCUT2D eigenvalue weighted by atomic mass is 16.5. The van der Waals surface area contributed by atoms with Gasteiger partial charge in [-0.3, -0.25) is 0 Å². The van der Waals surface area contributed by atoms with Crippen LogP contribution in [-0.2, 0) is 6.42 Å². The van der Waals surface area contributed by atoms with Crippen LogP contribution in [0.2, 0.25) is 0 Å². The molecule has 2 aliphatic carbocycles. The topological polar surface area (TPSA) is 42.2 Å². The molecule has 0 aromatic carbocycles. The van der Waals surface area contributed by atoms with Crippen molar-refractivity contribution in [1.82, 2.24) is 15.0 Å². The Balaban J connectivity index is 1.15. The van der Waals surface area contributed by atoms with Crippen molar-refractivity contribution in [2.45, 2.75) is 82.6 Å². The van der Waals surface area contributed by atoms with Crippen LogP contribution in [0, 0.1) is 5.92 Å². The lowest BCUT2D eigenvalue weighted by Gasteiger charge is -2.36. The van der Waals surface area contributed by atoms with E-state index in [1.807, 2.05) is 0 Å². The molecule has 4 nitrogen and oxygen atoms in total. The van der Waals surface area contributed by atoms with Crippen molar-refractivity contribution in [1.29, 1.82) is 0 Å². The predicted molar refractivity (Wildman–Crippen MR) is 85.8 cm³/mol. The first-order chi connectivity index (χ1) is 10.9. The van der Waals surface area contributed by atoms with E-state index in [9.17, 15) is 0 Å². The fourth-order valence-electron chi connectivity index (χ4n) is 4.29. The van der Waals surface area contributed by atoms with Gasteiger partial charge in [0.05, 0.1) is 0 Å². The third-order valence-electron chi connectivity index (χ3n) is 5.91. The minimum Gasteiger partial charge on any atom is -0.339 e. The van der Waals surface area contributed by atoms with Gasteiger partial charge < -0.3 is 9.42 Å². The molecule has 0 unspecified atom stereocenters. The van der Waals surface area contributed by atoms with Crippen LogP contribution in [0.25, 0.3) is 0 Å². The average molecular weight is 303 g/mol. The SMILES string of the molecule is C(Cc1noc(C2CC2)n1)CC1CCN(C2CCCC2)CC1. The number of hydrogen-bond acceptors (Lipinski definition) is 4. The maximum atomic E-state index is 5.33. The molecule has 0 spiro atoms. The number of hydrogen-bond donors (Lipinski definition) is 0. The molecule has 4 rings (SSSR count). The Morgan fingerprint density at radius 3 is 2.50 bits per heavy atom. The maximum Gasteiger partial charge on any atom is 0.229 e. The lowest BCUT2D eigenvalue weighted by Crippen LogP contribution is -2.40. The number of aromatic nitrogens is 2. The van der Waals surface area contributed by atoms with E-state index in [0.717, 1.165) is 30.1 Å². The Morgan fingerprint density at radius 1 is 1.00 bits per heavy atom. The van der Waals surface area contributed by atoms with Crippen molar-refractivity contribution >= 4 is 0 Å². The molecule has 4 heteroatoms. The van der Waals surface area contributed by atoms with Crippen molar-refractivity contribution in [3.8, 4) is 0 Å². The molecule has 1 aromatic heterocycles. The Morgan fingerprint density at radius 2 is 1.77 bits per heavy atom. The number of nitrogens with zero attached hydrogens (tertiary/aromatic N) is 3. The lowest BCUT2D eigenvalue weighted by molar-refractivity contribution is 0.130. The largest absolute Gasteiger partial charge is 0.339 e. The molecule has 0 radical (unpaired) electrons. The molecule has 22 heavy (non-hydrogen) atoms. The van der Waals surface area contributed by atoms with Gasteiger partial charge in [0.1, 0.15) is 0 Å². The van der Waals surface area contributed by atoms with E-state index in [0.29, 0.717) is 5.92 Å². The van der Waals surface area contributed by atoms with Crippen molar-refractivity contribution in [2.75, 3.05) is 13.1 Å². The van der Waals surface area contributed by atoms with Crippen LogP contribution in [-0.4, -0.2) is 34.2 Å². The molecule has 1 aliphatic heterocycles. The molecule has 2 heterocycles.